The molecule has 7 heteroatoms. The predicted octanol–water partition coefficient (Wildman–Crippen LogP) is 2.37. The van der Waals surface area contributed by atoms with Crippen LogP contribution in [0, 0.1) is 10.1 Å². The van der Waals surface area contributed by atoms with Crippen molar-refractivity contribution in [1.29, 1.82) is 0 Å². The molecule has 0 fully saturated rings. The van der Waals surface area contributed by atoms with Gasteiger partial charge in [0.1, 0.15) is 11.0 Å². The van der Waals surface area contributed by atoms with Crippen LogP contribution in [-0.2, 0) is 17.8 Å². The Morgan fingerprint density at radius 1 is 1.37 bits per heavy atom. The number of carbonyl (C=O) groups excluding carboxylic acids is 1. The molecule has 0 unspecified atom stereocenters. The first kappa shape index (κ1) is 13.4. The average Bonchev–Trinajstić information content (AvgIpc) is 2.71. The number of Topliss-reactive ketones (excluding diaryl/α,β-unsaturated/α-hetero) is 1. The first-order valence-corrected chi connectivity index (χ1v) is 6.28. The fraction of sp³-hybridized carbons (Fsp3) is 0.167. The number of hydrogen-bond donors (Lipinski definition) is 0. The Balaban J connectivity index is 2.03. The topological polar surface area (TPSA) is 78.0 Å². The van der Waals surface area contributed by atoms with Gasteiger partial charge in [-0.3, -0.25) is 4.79 Å². The molecule has 1 aromatic carbocycles. The van der Waals surface area contributed by atoms with E-state index in [-0.39, 0.29) is 29.0 Å². The molecular weight excluding hydrogens is 314 g/mol. The molecule has 6 nitrogen and oxygen atoms in total. The number of benzene rings is 1. The van der Waals surface area contributed by atoms with E-state index in [1.54, 1.807) is 0 Å². The zero-order valence-corrected chi connectivity index (χ0v) is 11.4. The lowest BCUT2D eigenvalue weighted by Gasteiger charge is -1.99. The largest absolute Gasteiger partial charge is 0.404 e. The predicted molar refractivity (Wildman–Crippen MR) is 71.7 cm³/mol. The van der Waals surface area contributed by atoms with Gasteiger partial charge in [0.05, 0.1) is 11.3 Å². The van der Waals surface area contributed by atoms with Gasteiger partial charge in [0, 0.05) is 6.42 Å². The molecule has 98 valence electrons. The van der Waals surface area contributed by atoms with Crippen LogP contribution in [-0.4, -0.2) is 20.5 Å². The molecule has 19 heavy (non-hydrogen) atoms. The van der Waals surface area contributed by atoms with Crippen molar-refractivity contribution in [2.24, 2.45) is 0 Å². The lowest BCUT2D eigenvalue weighted by atomic mass is 10.1. The van der Waals surface area contributed by atoms with Crippen LogP contribution in [0.15, 0.2) is 41.0 Å². The number of hydrogen-bond acceptors (Lipinski definition) is 4. The van der Waals surface area contributed by atoms with Crippen molar-refractivity contribution in [3.8, 4) is 0 Å². The smallest absolute Gasteiger partial charge is 0.358 e. The van der Waals surface area contributed by atoms with Crippen molar-refractivity contribution in [2.45, 2.75) is 13.0 Å². The van der Waals surface area contributed by atoms with Crippen LogP contribution in [0.3, 0.4) is 0 Å². The second kappa shape index (κ2) is 5.75. The summed E-state index contributed by atoms with van der Waals surface area (Å²) in [6.45, 7) is 0.0152. The highest BCUT2D eigenvalue weighted by molar-refractivity contribution is 9.10. The molecule has 1 aromatic heterocycles. The molecule has 0 aliphatic rings. The summed E-state index contributed by atoms with van der Waals surface area (Å²) in [5.74, 6) is -0.344. The Kier molecular flexibility index (Phi) is 4.06. The zero-order chi connectivity index (χ0) is 13.8. The summed E-state index contributed by atoms with van der Waals surface area (Å²) in [6, 6.07) is 9.32. The van der Waals surface area contributed by atoms with Gasteiger partial charge in [0.15, 0.2) is 5.78 Å². The Morgan fingerprint density at radius 3 is 2.63 bits per heavy atom. The van der Waals surface area contributed by atoms with Gasteiger partial charge in [-0.05, 0) is 26.4 Å². The van der Waals surface area contributed by atoms with E-state index in [2.05, 4.69) is 21.0 Å². The van der Waals surface area contributed by atoms with E-state index in [1.807, 2.05) is 30.3 Å². The maximum atomic E-state index is 11.8. The highest BCUT2D eigenvalue weighted by Crippen LogP contribution is 2.21. The third-order valence-electron chi connectivity index (χ3n) is 2.45. The van der Waals surface area contributed by atoms with Crippen molar-refractivity contribution in [3.05, 3.63) is 56.7 Å². The van der Waals surface area contributed by atoms with Crippen LogP contribution < -0.4 is 0 Å². The van der Waals surface area contributed by atoms with E-state index < -0.39 is 4.92 Å². The van der Waals surface area contributed by atoms with Crippen molar-refractivity contribution in [3.63, 3.8) is 0 Å². The van der Waals surface area contributed by atoms with E-state index in [9.17, 15) is 14.9 Å². The quantitative estimate of drug-likeness (QED) is 0.625. The minimum absolute atomic E-state index is 0.0152. The number of aromatic nitrogens is 2. The summed E-state index contributed by atoms with van der Waals surface area (Å²) in [4.78, 5) is 21.9. The number of nitro groups is 1. The molecule has 0 radical (unpaired) electrons. The molecule has 0 bridgehead atoms. The molecule has 1 heterocycles. The second-order valence-electron chi connectivity index (χ2n) is 3.96. The summed E-state index contributed by atoms with van der Waals surface area (Å²) in [7, 11) is 0. The maximum Gasteiger partial charge on any atom is 0.404 e. The molecule has 2 rings (SSSR count). The molecule has 0 saturated carbocycles. The molecule has 0 N–H and O–H groups in total. The van der Waals surface area contributed by atoms with E-state index in [0.29, 0.717) is 0 Å². The summed E-state index contributed by atoms with van der Waals surface area (Å²) < 4.78 is 1.54. The van der Waals surface area contributed by atoms with Crippen LogP contribution in [0.5, 0.6) is 0 Å². The highest BCUT2D eigenvalue weighted by atomic mass is 79.9. The summed E-state index contributed by atoms with van der Waals surface area (Å²) >= 11 is 3.04. The van der Waals surface area contributed by atoms with Crippen LogP contribution in [0.25, 0.3) is 0 Å². The first-order chi connectivity index (χ1) is 9.06. The molecule has 0 atom stereocenters. The monoisotopic (exact) mass is 323 g/mol. The van der Waals surface area contributed by atoms with Crippen LogP contribution in [0.4, 0.5) is 5.82 Å². The van der Waals surface area contributed by atoms with E-state index in [0.717, 1.165) is 5.56 Å². The fourth-order valence-electron chi connectivity index (χ4n) is 1.65. The van der Waals surface area contributed by atoms with Gasteiger partial charge in [0.2, 0.25) is 0 Å². The third kappa shape index (κ3) is 3.47. The normalized spacial score (nSPS) is 10.4. The molecule has 0 aliphatic carbocycles. The third-order valence-corrected chi connectivity index (χ3v) is 3.01. The van der Waals surface area contributed by atoms with Gasteiger partial charge in [-0.2, -0.15) is 4.68 Å². The molecule has 0 amide bonds. The number of nitrogens with zero attached hydrogens (tertiary/aromatic N) is 3. The van der Waals surface area contributed by atoms with Crippen molar-refractivity contribution >= 4 is 27.5 Å². The van der Waals surface area contributed by atoms with Gasteiger partial charge >= 0.3 is 5.82 Å². The minimum Gasteiger partial charge on any atom is -0.358 e. The van der Waals surface area contributed by atoms with E-state index >= 15 is 0 Å². The fourth-order valence-corrected chi connectivity index (χ4v) is 2.11. The average molecular weight is 324 g/mol. The van der Waals surface area contributed by atoms with Gasteiger partial charge in [-0.25, -0.2) is 0 Å². The summed E-state index contributed by atoms with van der Waals surface area (Å²) in [5, 5.41) is 14.4. The number of carbonyl (C=O) groups is 1. The van der Waals surface area contributed by atoms with Crippen LogP contribution in [0.2, 0.25) is 0 Å². The highest BCUT2D eigenvalue weighted by Gasteiger charge is 2.19. The Bertz CT molecular complexity index is 610. The summed E-state index contributed by atoms with van der Waals surface area (Å²) in [6.07, 6.45) is 1.72. The molecule has 0 spiro atoms. The molecule has 0 aliphatic heterocycles. The maximum absolute atomic E-state index is 11.8. The van der Waals surface area contributed by atoms with E-state index in [1.165, 1.54) is 10.9 Å². The molecule has 2 aromatic rings. The van der Waals surface area contributed by atoms with E-state index in [4.69, 9.17) is 0 Å². The SMILES string of the molecule is O=C(Cc1ccccc1)Cn1cc(Br)c([N+](=O)[O-])n1. The Labute approximate surface area is 117 Å². The Morgan fingerprint density at radius 2 is 2.05 bits per heavy atom. The lowest BCUT2D eigenvalue weighted by Crippen LogP contribution is -2.13. The van der Waals surface area contributed by atoms with Gasteiger partial charge < -0.3 is 10.1 Å². The summed E-state index contributed by atoms with van der Waals surface area (Å²) in [5.41, 5.74) is 0.910. The minimum atomic E-state index is -0.595. The number of rotatable bonds is 5. The number of halogens is 1. The van der Waals surface area contributed by atoms with Crippen LogP contribution >= 0.6 is 15.9 Å². The number of ketones is 1. The van der Waals surface area contributed by atoms with Gasteiger partial charge in [0.25, 0.3) is 0 Å². The van der Waals surface area contributed by atoms with Gasteiger partial charge in [-0.1, -0.05) is 30.3 Å². The second-order valence-corrected chi connectivity index (χ2v) is 4.81. The van der Waals surface area contributed by atoms with Crippen molar-refractivity contribution in [2.75, 3.05) is 0 Å². The standard InChI is InChI=1S/C12H10BrN3O3/c13-11-8-15(14-12(11)16(18)19)7-10(17)6-9-4-2-1-3-5-9/h1-5,8H,6-7H2. The Hall–Kier alpha value is -2.02. The van der Waals surface area contributed by atoms with Crippen molar-refractivity contribution in [1.82, 2.24) is 9.78 Å². The zero-order valence-electron chi connectivity index (χ0n) is 9.82. The first-order valence-electron chi connectivity index (χ1n) is 5.49. The molecule has 0 saturated heterocycles. The van der Waals surface area contributed by atoms with Gasteiger partial charge in [-0.15, -0.1) is 0 Å². The lowest BCUT2D eigenvalue weighted by molar-refractivity contribution is -0.390. The van der Waals surface area contributed by atoms with Crippen LogP contribution in [0.1, 0.15) is 5.56 Å². The van der Waals surface area contributed by atoms with Crippen molar-refractivity contribution < 1.29 is 9.72 Å². The molecular formula is C12H10BrN3O3.